The second-order valence-electron chi connectivity index (χ2n) is 6.20. The van der Waals surface area contributed by atoms with Gasteiger partial charge in [-0.1, -0.05) is 44.2 Å². The molecule has 1 fully saturated rings. The van der Waals surface area contributed by atoms with Crippen molar-refractivity contribution in [1.29, 1.82) is 0 Å². The number of nitrogens with one attached hydrogen (secondary N) is 1. The minimum absolute atomic E-state index is 0.786. The third-order valence-electron chi connectivity index (χ3n) is 3.87. The molecule has 3 heteroatoms. The second kappa shape index (κ2) is 8.40. The molecule has 1 aliphatic heterocycles. The van der Waals surface area contributed by atoms with Crippen molar-refractivity contribution in [2.24, 2.45) is 5.92 Å². The topological polar surface area (TPSA) is 18.5 Å². The van der Waals surface area contributed by atoms with Crippen LogP contribution in [0.2, 0.25) is 0 Å². The summed E-state index contributed by atoms with van der Waals surface area (Å²) in [6, 6.07) is 10.6. The molecule has 0 aliphatic carbocycles. The van der Waals surface area contributed by atoms with Crippen LogP contribution in [0.1, 0.15) is 19.4 Å². The minimum atomic E-state index is 0.786. The molecule has 1 aliphatic rings. The molecule has 3 nitrogen and oxygen atoms in total. The molecule has 1 heterocycles. The van der Waals surface area contributed by atoms with Gasteiger partial charge in [0.25, 0.3) is 0 Å². The third-order valence-corrected chi connectivity index (χ3v) is 3.87. The molecule has 0 saturated carbocycles. The van der Waals surface area contributed by atoms with Gasteiger partial charge in [-0.15, -0.1) is 0 Å². The summed E-state index contributed by atoms with van der Waals surface area (Å²) in [5.41, 5.74) is 1.37. The molecule has 0 atom stereocenters. The van der Waals surface area contributed by atoms with E-state index in [1.807, 2.05) is 0 Å². The van der Waals surface area contributed by atoms with Gasteiger partial charge in [-0.3, -0.25) is 4.90 Å². The molecule has 112 valence electrons. The van der Waals surface area contributed by atoms with Crippen molar-refractivity contribution in [1.82, 2.24) is 15.1 Å². The highest BCUT2D eigenvalue weighted by Crippen LogP contribution is 2.04. The normalized spacial score (nSPS) is 17.8. The number of nitrogens with zero attached hydrogens (tertiary/aromatic N) is 2. The largest absolute Gasteiger partial charge is 0.311 e. The molecular formula is C17H29N3. The van der Waals surface area contributed by atoms with E-state index in [1.54, 1.807) is 0 Å². The average molecular weight is 275 g/mol. The molecule has 0 amide bonds. The lowest BCUT2D eigenvalue weighted by molar-refractivity contribution is 0.123. The Morgan fingerprint density at radius 3 is 2.30 bits per heavy atom. The van der Waals surface area contributed by atoms with Crippen LogP contribution >= 0.6 is 0 Å². The van der Waals surface area contributed by atoms with Gasteiger partial charge in [-0.25, -0.2) is 0 Å². The predicted octanol–water partition coefficient (Wildman–Crippen LogP) is 2.05. The lowest BCUT2D eigenvalue weighted by Crippen LogP contribution is -2.48. The summed E-state index contributed by atoms with van der Waals surface area (Å²) >= 11 is 0. The van der Waals surface area contributed by atoms with Crippen molar-refractivity contribution >= 4 is 0 Å². The van der Waals surface area contributed by atoms with Crippen molar-refractivity contribution in [2.75, 3.05) is 45.8 Å². The van der Waals surface area contributed by atoms with Crippen molar-refractivity contribution < 1.29 is 0 Å². The van der Waals surface area contributed by atoms with Crippen LogP contribution in [0.4, 0.5) is 0 Å². The molecule has 20 heavy (non-hydrogen) atoms. The molecule has 1 N–H and O–H groups in total. The van der Waals surface area contributed by atoms with Crippen molar-refractivity contribution in [3.8, 4) is 0 Å². The molecule has 1 saturated heterocycles. The Labute approximate surface area is 124 Å². The van der Waals surface area contributed by atoms with Crippen LogP contribution in [-0.2, 0) is 6.54 Å². The Bertz CT molecular complexity index is 356. The first-order valence-corrected chi connectivity index (χ1v) is 7.93. The van der Waals surface area contributed by atoms with Crippen molar-refractivity contribution in [3.63, 3.8) is 0 Å². The average Bonchev–Trinajstić information content (AvgIpc) is 2.46. The van der Waals surface area contributed by atoms with E-state index >= 15 is 0 Å². The molecule has 1 aromatic rings. The van der Waals surface area contributed by atoms with Crippen molar-refractivity contribution in [3.05, 3.63) is 35.9 Å². The van der Waals surface area contributed by atoms with E-state index < -0.39 is 0 Å². The number of hydrogen-bond donors (Lipinski definition) is 1. The fourth-order valence-electron chi connectivity index (χ4n) is 2.78. The highest BCUT2D eigenvalue weighted by molar-refractivity contribution is 5.14. The number of rotatable bonds is 7. The van der Waals surface area contributed by atoms with Crippen molar-refractivity contribution in [2.45, 2.75) is 20.4 Å². The smallest absolute Gasteiger partial charge is 0.0206 e. The van der Waals surface area contributed by atoms with Gasteiger partial charge in [0.15, 0.2) is 0 Å². The minimum Gasteiger partial charge on any atom is -0.311 e. The number of benzene rings is 1. The Kier molecular flexibility index (Phi) is 6.51. The summed E-state index contributed by atoms with van der Waals surface area (Å²) in [4.78, 5) is 5.17. The highest BCUT2D eigenvalue weighted by atomic mass is 15.3. The van der Waals surface area contributed by atoms with Crippen LogP contribution < -0.4 is 5.32 Å². The SMILES string of the molecule is CC(C)CN1CCN(CCNCc2ccccc2)CC1. The summed E-state index contributed by atoms with van der Waals surface area (Å²) in [6.07, 6.45) is 0. The molecule has 0 bridgehead atoms. The van der Waals surface area contributed by atoms with E-state index in [4.69, 9.17) is 0 Å². The fourth-order valence-corrected chi connectivity index (χ4v) is 2.78. The third kappa shape index (κ3) is 5.61. The van der Waals surface area contributed by atoms with E-state index in [2.05, 4.69) is 59.3 Å². The van der Waals surface area contributed by atoms with Gasteiger partial charge >= 0.3 is 0 Å². The first-order valence-electron chi connectivity index (χ1n) is 7.93. The first-order chi connectivity index (χ1) is 9.74. The van der Waals surface area contributed by atoms with Gasteiger partial charge in [-0.05, 0) is 11.5 Å². The van der Waals surface area contributed by atoms with Crippen LogP contribution in [-0.4, -0.2) is 55.6 Å². The standard InChI is InChI=1S/C17H29N3/c1-16(2)15-20-12-10-19(11-13-20)9-8-18-14-17-6-4-3-5-7-17/h3-7,16,18H,8-15H2,1-2H3. The summed E-state index contributed by atoms with van der Waals surface area (Å²) in [5, 5.41) is 3.54. The van der Waals surface area contributed by atoms with Crippen LogP contribution in [0.5, 0.6) is 0 Å². The number of hydrogen-bond acceptors (Lipinski definition) is 3. The monoisotopic (exact) mass is 275 g/mol. The van der Waals surface area contributed by atoms with Crippen LogP contribution in [0, 0.1) is 5.92 Å². The highest BCUT2D eigenvalue weighted by Gasteiger charge is 2.16. The lowest BCUT2D eigenvalue weighted by Gasteiger charge is -2.35. The molecular weight excluding hydrogens is 246 g/mol. The lowest BCUT2D eigenvalue weighted by atomic mass is 10.2. The van der Waals surface area contributed by atoms with E-state index in [0.29, 0.717) is 0 Å². The van der Waals surface area contributed by atoms with Gasteiger partial charge in [0, 0.05) is 52.4 Å². The molecule has 0 unspecified atom stereocenters. The van der Waals surface area contributed by atoms with Gasteiger partial charge < -0.3 is 10.2 Å². The van der Waals surface area contributed by atoms with Gasteiger partial charge in [0.2, 0.25) is 0 Å². The van der Waals surface area contributed by atoms with Crippen LogP contribution in [0.3, 0.4) is 0 Å². The first kappa shape index (κ1) is 15.5. The zero-order valence-electron chi connectivity index (χ0n) is 13.0. The quantitative estimate of drug-likeness (QED) is 0.768. The van der Waals surface area contributed by atoms with Gasteiger partial charge in [-0.2, -0.15) is 0 Å². The molecule has 2 rings (SSSR count). The maximum atomic E-state index is 3.54. The van der Waals surface area contributed by atoms with E-state index in [9.17, 15) is 0 Å². The Balaban J connectivity index is 1.55. The Hall–Kier alpha value is -0.900. The maximum absolute atomic E-state index is 3.54. The van der Waals surface area contributed by atoms with Gasteiger partial charge in [0.1, 0.15) is 0 Å². The van der Waals surface area contributed by atoms with E-state index in [0.717, 1.165) is 19.0 Å². The summed E-state index contributed by atoms with van der Waals surface area (Å²) in [5.74, 6) is 0.786. The summed E-state index contributed by atoms with van der Waals surface area (Å²) in [7, 11) is 0. The zero-order valence-corrected chi connectivity index (χ0v) is 13.0. The molecule has 1 aromatic carbocycles. The fraction of sp³-hybridized carbons (Fsp3) is 0.647. The Morgan fingerprint density at radius 2 is 1.65 bits per heavy atom. The van der Waals surface area contributed by atoms with E-state index in [1.165, 1.54) is 44.8 Å². The van der Waals surface area contributed by atoms with Crippen LogP contribution in [0.15, 0.2) is 30.3 Å². The number of piperazine rings is 1. The maximum Gasteiger partial charge on any atom is 0.0206 e. The predicted molar refractivity (Wildman–Crippen MR) is 85.9 cm³/mol. The summed E-state index contributed by atoms with van der Waals surface area (Å²) < 4.78 is 0. The zero-order chi connectivity index (χ0) is 14.2. The van der Waals surface area contributed by atoms with E-state index in [-0.39, 0.29) is 0 Å². The van der Waals surface area contributed by atoms with Gasteiger partial charge in [0.05, 0.1) is 0 Å². The molecule has 0 radical (unpaired) electrons. The Morgan fingerprint density at radius 1 is 1.00 bits per heavy atom. The second-order valence-corrected chi connectivity index (χ2v) is 6.20. The molecule has 0 spiro atoms. The summed E-state index contributed by atoms with van der Waals surface area (Å²) in [6.45, 7) is 14.0. The molecule has 0 aromatic heterocycles. The van der Waals surface area contributed by atoms with Crippen LogP contribution in [0.25, 0.3) is 0 Å².